The van der Waals surface area contributed by atoms with Crippen molar-refractivity contribution in [1.82, 2.24) is 5.32 Å². The van der Waals surface area contributed by atoms with Crippen LogP contribution in [0.25, 0.3) is 0 Å². The van der Waals surface area contributed by atoms with Crippen molar-refractivity contribution < 1.29 is 19.1 Å². The molecule has 2 unspecified atom stereocenters. The summed E-state index contributed by atoms with van der Waals surface area (Å²) in [6.45, 7) is 6.70. The van der Waals surface area contributed by atoms with Crippen LogP contribution in [0.4, 0.5) is 4.79 Å². The predicted octanol–water partition coefficient (Wildman–Crippen LogP) is 2.84. The SMILES string of the molecule is CC(=O)C(CC(C=O)NC(=O)OC(C)(C)C)c1ccccc1. The van der Waals surface area contributed by atoms with Gasteiger partial charge in [0.15, 0.2) is 0 Å². The van der Waals surface area contributed by atoms with E-state index in [1.165, 1.54) is 6.92 Å². The summed E-state index contributed by atoms with van der Waals surface area (Å²) >= 11 is 0. The molecule has 1 aromatic carbocycles. The topological polar surface area (TPSA) is 72.5 Å². The van der Waals surface area contributed by atoms with E-state index in [2.05, 4.69) is 5.32 Å². The Hall–Kier alpha value is -2.17. The van der Waals surface area contributed by atoms with Gasteiger partial charge in [0.25, 0.3) is 0 Å². The molecule has 1 N–H and O–H groups in total. The number of carbonyl (C=O) groups is 3. The van der Waals surface area contributed by atoms with Gasteiger partial charge in [-0.2, -0.15) is 0 Å². The molecule has 0 saturated heterocycles. The van der Waals surface area contributed by atoms with Gasteiger partial charge < -0.3 is 14.8 Å². The average molecular weight is 305 g/mol. The van der Waals surface area contributed by atoms with E-state index < -0.39 is 23.7 Å². The smallest absolute Gasteiger partial charge is 0.408 e. The van der Waals surface area contributed by atoms with Crippen LogP contribution in [0, 0.1) is 0 Å². The van der Waals surface area contributed by atoms with E-state index in [1.807, 2.05) is 30.3 Å². The van der Waals surface area contributed by atoms with Gasteiger partial charge >= 0.3 is 6.09 Å². The van der Waals surface area contributed by atoms with Crippen LogP contribution in [0.2, 0.25) is 0 Å². The molecule has 0 aliphatic heterocycles. The first-order valence-corrected chi connectivity index (χ1v) is 7.23. The van der Waals surface area contributed by atoms with Crippen molar-refractivity contribution in [2.75, 3.05) is 0 Å². The summed E-state index contributed by atoms with van der Waals surface area (Å²) in [6, 6.07) is 8.42. The number of hydrogen-bond acceptors (Lipinski definition) is 4. The Labute approximate surface area is 131 Å². The van der Waals surface area contributed by atoms with Crippen LogP contribution < -0.4 is 5.32 Å². The molecule has 0 fully saturated rings. The molecule has 2 atom stereocenters. The van der Waals surface area contributed by atoms with Gasteiger partial charge in [0.2, 0.25) is 0 Å². The van der Waals surface area contributed by atoms with E-state index in [0.29, 0.717) is 6.29 Å². The second kappa shape index (κ2) is 7.73. The van der Waals surface area contributed by atoms with Crippen molar-refractivity contribution in [3.63, 3.8) is 0 Å². The Bertz CT molecular complexity index is 519. The molecule has 1 rings (SSSR count). The second-order valence-corrected chi connectivity index (χ2v) is 6.20. The Morgan fingerprint density at radius 1 is 1.23 bits per heavy atom. The highest BCUT2D eigenvalue weighted by molar-refractivity contribution is 5.84. The number of ketones is 1. The maximum Gasteiger partial charge on any atom is 0.408 e. The Kier molecular flexibility index (Phi) is 6.28. The van der Waals surface area contributed by atoms with E-state index in [9.17, 15) is 14.4 Å². The summed E-state index contributed by atoms with van der Waals surface area (Å²) in [6.07, 6.45) is 0.171. The number of amides is 1. The van der Waals surface area contributed by atoms with Crippen molar-refractivity contribution in [2.45, 2.75) is 51.7 Å². The molecule has 120 valence electrons. The largest absolute Gasteiger partial charge is 0.444 e. The summed E-state index contributed by atoms with van der Waals surface area (Å²) in [7, 11) is 0. The number of rotatable bonds is 6. The molecule has 0 saturated carbocycles. The zero-order valence-corrected chi connectivity index (χ0v) is 13.5. The summed E-state index contributed by atoms with van der Waals surface area (Å²) < 4.78 is 5.12. The van der Waals surface area contributed by atoms with Gasteiger partial charge in [-0.25, -0.2) is 4.79 Å². The molecule has 0 radical (unpaired) electrons. The van der Waals surface area contributed by atoms with Crippen molar-refractivity contribution >= 4 is 18.2 Å². The molecule has 5 nitrogen and oxygen atoms in total. The van der Waals surface area contributed by atoms with Gasteiger partial charge in [-0.15, -0.1) is 0 Å². The number of nitrogens with one attached hydrogen (secondary N) is 1. The average Bonchev–Trinajstić information content (AvgIpc) is 2.41. The first-order valence-electron chi connectivity index (χ1n) is 7.23. The van der Waals surface area contributed by atoms with E-state index >= 15 is 0 Å². The van der Waals surface area contributed by atoms with Crippen LogP contribution >= 0.6 is 0 Å². The number of aldehydes is 1. The maximum absolute atomic E-state index is 11.9. The highest BCUT2D eigenvalue weighted by atomic mass is 16.6. The lowest BCUT2D eigenvalue weighted by Gasteiger charge is -2.23. The number of carbonyl (C=O) groups excluding carboxylic acids is 3. The molecule has 1 aromatic rings. The molecule has 0 spiro atoms. The van der Waals surface area contributed by atoms with Gasteiger partial charge in [-0.1, -0.05) is 30.3 Å². The molecule has 0 heterocycles. The van der Waals surface area contributed by atoms with Crippen molar-refractivity contribution in [3.05, 3.63) is 35.9 Å². The summed E-state index contributed by atoms with van der Waals surface area (Å²) in [4.78, 5) is 34.8. The quantitative estimate of drug-likeness (QED) is 0.820. The molecule has 0 bridgehead atoms. The normalized spacial score (nSPS) is 13.8. The van der Waals surface area contributed by atoms with Crippen LogP contribution in [0.15, 0.2) is 30.3 Å². The van der Waals surface area contributed by atoms with Gasteiger partial charge in [-0.3, -0.25) is 4.79 Å². The first-order chi connectivity index (χ1) is 10.2. The highest BCUT2D eigenvalue weighted by Crippen LogP contribution is 2.22. The highest BCUT2D eigenvalue weighted by Gasteiger charge is 2.24. The molecule has 0 aromatic heterocycles. The van der Waals surface area contributed by atoms with E-state index in [0.717, 1.165) is 5.56 Å². The molecule has 5 heteroatoms. The summed E-state index contributed by atoms with van der Waals surface area (Å²) in [5.41, 5.74) is 0.185. The predicted molar refractivity (Wildman–Crippen MR) is 83.7 cm³/mol. The fraction of sp³-hybridized carbons (Fsp3) is 0.471. The number of Topliss-reactive ketones (excluding diaryl/α,β-unsaturated/α-hetero) is 1. The van der Waals surface area contributed by atoms with Gasteiger partial charge in [0.1, 0.15) is 17.7 Å². The third-order valence-electron chi connectivity index (χ3n) is 3.05. The Morgan fingerprint density at radius 2 is 1.82 bits per heavy atom. The van der Waals surface area contributed by atoms with Crippen LogP contribution in [0.5, 0.6) is 0 Å². The molecular formula is C17H23NO4. The van der Waals surface area contributed by atoms with Gasteiger partial charge in [0, 0.05) is 5.92 Å². The number of alkyl carbamates (subject to hydrolysis) is 1. The Balaban J connectivity index is 2.76. The second-order valence-electron chi connectivity index (χ2n) is 6.20. The maximum atomic E-state index is 11.9. The van der Waals surface area contributed by atoms with Crippen molar-refractivity contribution in [3.8, 4) is 0 Å². The molecular weight excluding hydrogens is 282 g/mol. The summed E-state index contributed by atoms with van der Waals surface area (Å²) in [5, 5.41) is 2.50. The number of ether oxygens (including phenoxy) is 1. The monoisotopic (exact) mass is 305 g/mol. The Morgan fingerprint density at radius 3 is 2.27 bits per heavy atom. The van der Waals surface area contributed by atoms with Crippen molar-refractivity contribution in [2.24, 2.45) is 0 Å². The fourth-order valence-corrected chi connectivity index (χ4v) is 2.08. The zero-order valence-electron chi connectivity index (χ0n) is 13.5. The minimum absolute atomic E-state index is 0.0518. The minimum atomic E-state index is -0.774. The lowest BCUT2D eigenvalue weighted by atomic mass is 9.89. The van der Waals surface area contributed by atoms with Gasteiger partial charge in [0.05, 0.1) is 6.04 Å². The van der Waals surface area contributed by atoms with E-state index in [1.54, 1.807) is 20.8 Å². The van der Waals surface area contributed by atoms with Crippen LogP contribution in [-0.4, -0.2) is 29.8 Å². The first kappa shape index (κ1) is 17.9. The van der Waals surface area contributed by atoms with Crippen molar-refractivity contribution in [1.29, 1.82) is 0 Å². The summed E-state index contributed by atoms with van der Waals surface area (Å²) in [5.74, 6) is -0.490. The van der Waals surface area contributed by atoms with Crippen LogP contribution in [0.1, 0.15) is 45.6 Å². The third-order valence-corrected chi connectivity index (χ3v) is 3.05. The molecule has 1 amide bonds. The standard InChI is InChI=1S/C17H23NO4/c1-12(20)15(13-8-6-5-7-9-13)10-14(11-19)18-16(21)22-17(2,3)4/h5-9,11,14-15H,10H2,1-4H3,(H,18,21). The van der Waals surface area contributed by atoms with Crippen LogP contribution in [0.3, 0.4) is 0 Å². The van der Waals surface area contributed by atoms with Gasteiger partial charge in [-0.05, 0) is 39.7 Å². The van der Waals surface area contributed by atoms with Crippen LogP contribution in [-0.2, 0) is 14.3 Å². The van der Waals surface area contributed by atoms with E-state index in [-0.39, 0.29) is 12.2 Å². The molecule has 22 heavy (non-hydrogen) atoms. The molecule has 0 aliphatic rings. The third kappa shape index (κ3) is 6.08. The fourth-order valence-electron chi connectivity index (χ4n) is 2.08. The minimum Gasteiger partial charge on any atom is -0.444 e. The zero-order chi connectivity index (χ0) is 16.8. The number of benzene rings is 1. The number of hydrogen-bond donors (Lipinski definition) is 1. The lowest BCUT2D eigenvalue weighted by molar-refractivity contribution is -0.119. The lowest BCUT2D eigenvalue weighted by Crippen LogP contribution is -2.41. The molecule has 0 aliphatic carbocycles. The van der Waals surface area contributed by atoms with E-state index in [4.69, 9.17) is 4.74 Å².